The van der Waals surface area contributed by atoms with Crippen molar-refractivity contribution >= 4 is 10.9 Å². The first-order chi connectivity index (χ1) is 8.00. The molecule has 2 aromatic rings. The van der Waals surface area contributed by atoms with Gasteiger partial charge in [-0.2, -0.15) is 0 Å². The van der Waals surface area contributed by atoms with Gasteiger partial charge >= 0.3 is 0 Å². The van der Waals surface area contributed by atoms with Gasteiger partial charge in [0, 0.05) is 5.39 Å². The number of hydrogen-bond donors (Lipinski definition) is 1. The number of benzene rings is 1. The molecule has 90 valence electrons. The summed E-state index contributed by atoms with van der Waals surface area (Å²) >= 11 is 0. The van der Waals surface area contributed by atoms with Crippen molar-refractivity contribution in [1.29, 1.82) is 0 Å². The third-order valence-electron chi connectivity index (χ3n) is 3.15. The Morgan fingerprint density at radius 1 is 1.18 bits per heavy atom. The number of rotatable bonds is 2. The molecule has 17 heavy (non-hydrogen) atoms. The molecule has 2 nitrogen and oxygen atoms in total. The maximum absolute atomic E-state index is 9.67. The molecule has 0 fully saturated rings. The molecule has 0 bridgehead atoms. The van der Waals surface area contributed by atoms with E-state index in [0.29, 0.717) is 5.92 Å². The lowest BCUT2D eigenvalue weighted by atomic mass is 9.97. The van der Waals surface area contributed by atoms with E-state index in [4.69, 9.17) is 0 Å². The fourth-order valence-electron chi connectivity index (χ4n) is 2.15. The summed E-state index contributed by atoms with van der Waals surface area (Å²) in [6.45, 7) is 8.16. The highest BCUT2D eigenvalue weighted by Gasteiger charge is 2.11. The number of nitrogens with zero attached hydrogens (tertiary/aromatic N) is 1. The van der Waals surface area contributed by atoms with E-state index in [2.05, 4.69) is 44.0 Å². The van der Waals surface area contributed by atoms with Crippen molar-refractivity contribution in [2.75, 3.05) is 0 Å². The molecule has 0 spiro atoms. The van der Waals surface area contributed by atoms with Crippen LogP contribution in [-0.4, -0.2) is 10.1 Å². The second kappa shape index (κ2) is 4.46. The molecule has 0 aliphatic carbocycles. The van der Waals surface area contributed by atoms with Crippen LogP contribution >= 0.6 is 0 Å². The normalized spacial score (nSPS) is 13.3. The summed E-state index contributed by atoms with van der Waals surface area (Å²) in [5.74, 6) is 0.440. The van der Waals surface area contributed by atoms with Gasteiger partial charge in [-0.1, -0.05) is 32.0 Å². The van der Waals surface area contributed by atoms with Gasteiger partial charge in [-0.25, -0.2) is 4.98 Å². The van der Waals surface area contributed by atoms with Crippen molar-refractivity contribution < 1.29 is 5.11 Å². The first-order valence-electron chi connectivity index (χ1n) is 6.09. The van der Waals surface area contributed by atoms with Crippen LogP contribution in [0.3, 0.4) is 0 Å². The summed E-state index contributed by atoms with van der Waals surface area (Å²) < 4.78 is 0. The molecule has 1 aromatic carbocycles. The van der Waals surface area contributed by atoms with Crippen LogP contribution in [0, 0.1) is 6.92 Å². The average molecular weight is 229 g/mol. The highest BCUT2D eigenvalue weighted by molar-refractivity contribution is 5.85. The third-order valence-corrected chi connectivity index (χ3v) is 3.15. The summed E-state index contributed by atoms with van der Waals surface area (Å²) in [5, 5.41) is 10.9. The number of hydrogen-bond acceptors (Lipinski definition) is 2. The van der Waals surface area contributed by atoms with Gasteiger partial charge in [0.25, 0.3) is 0 Å². The fourth-order valence-corrected chi connectivity index (χ4v) is 2.15. The Labute approximate surface area is 102 Å². The lowest BCUT2D eigenvalue weighted by Gasteiger charge is -2.13. The van der Waals surface area contributed by atoms with E-state index in [1.54, 1.807) is 6.92 Å². The maximum Gasteiger partial charge on any atom is 0.0932 e. The first kappa shape index (κ1) is 12.1. The largest absolute Gasteiger partial charge is 0.387 e. The van der Waals surface area contributed by atoms with E-state index in [-0.39, 0.29) is 0 Å². The van der Waals surface area contributed by atoms with Gasteiger partial charge in [0.05, 0.1) is 17.3 Å². The van der Waals surface area contributed by atoms with Gasteiger partial charge in [0.2, 0.25) is 0 Å². The summed E-state index contributed by atoms with van der Waals surface area (Å²) in [7, 11) is 0. The van der Waals surface area contributed by atoms with Crippen molar-refractivity contribution in [3.05, 3.63) is 41.1 Å². The van der Waals surface area contributed by atoms with Gasteiger partial charge in [0.1, 0.15) is 0 Å². The lowest BCUT2D eigenvalue weighted by molar-refractivity contribution is 0.194. The second-order valence-electron chi connectivity index (χ2n) is 4.94. The van der Waals surface area contributed by atoms with Crippen molar-refractivity contribution in [3.8, 4) is 0 Å². The number of fused-ring (bicyclic) bond motifs is 1. The fraction of sp³-hybridized carbons (Fsp3) is 0.400. The Morgan fingerprint density at radius 3 is 2.47 bits per heavy atom. The molecule has 1 heterocycles. The number of aliphatic hydroxyl groups excluding tert-OH is 1. The summed E-state index contributed by atoms with van der Waals surface area (Å²) in [5.41, 5.74) is 4.20. The van der Waals surface area contributed by atoms with Crippen molar-refractivity contribution in [3.63, 3.8) is 0 Å². The highest BCUT2D eigenvalue weighted by Crippen LogP contribution is 2.27. The molecule has 1 aromatic heterocycles. The van der Waals surface area contributed by atoms with Crippen molar-refractivity contribution in [2.24, 2.45) is 0 Å². The van der Waals surface area contributed by atoms with Crippen LogP contribution in [0.5, 0.6) is 0 Å². The zero-order valence-corrected chi connectivity index (χ0v) is 10.9. The Balaban J connectivity index is 2.78. The number of aromatic nitrogens is 1. The third kappa shape index (κ3) is 2.18. The highest BCUT2D eigenvalue weighted by atomic mass is 16.3. The molecule has 0 aliphatic rings. The summed E-state index contributed by atoms with van der Waals surface area (Å²) in [4.78, 5) is 4.61. The number of aliphatic hydroxyl groups is 1. The van der Waals surface area contributed by atoms with Crippen LogP contribution < -0.4 is 0 Å². The minimum atomic E-state index is -0.515. The van der Waals surface area contributed by atoms with Crippen molar-refractivity contribution in [1.82, 2.24) is 4.98 Å². The first-order valence-corrected chi connectivity index (χ1v) is 6.09. The van der Waals surface area contributed by atoms with Gasteiger partial charge in [-0.15, -0.1) is 0 Å². The molecule has 0 saturated heterocycles. The predicted octanol–water partition coefficient (Wildman–Crippen LogP) is 3.72. The molecule has 1 unspecified atom stereocenters. The van der Waals surface area contributed by atoms with Crippen molar-refractivity contribution in [2.45, 2.75) is 39.7 Å². The number of para-hydroxylation sites is 1. The van der Waals surface area contributed by atoms with Crippen LogP contribution in [0.1, 0.15) is 49.6 Å². The van der Waals surface area contributed by atoms with E-state index in [9.17, 15) is 5.11 Å². The predicted molar refractivity (Wildman–Crippen MR) is 71.2 cm³/mol. The molecule has 0 radical (unpaired) electrons. The zero-order chi connectivity index (χ0) is 12.6. The topological polar surface area (TPSA) is 33.1 Å². The molecule has 0 saturated carbocycles. The van der Waals surface area contributed by atoms with Gasteiger partial charge in [-0.3, -0.25) is 0 Å². The summed E-state index contributed by atoms with van der Waals surface area (Å²) in [6, 6.07) is 8.26. The Hall–Kier alpha value is -1.41. The summed E-state index contributed by atoms with van der Waals surface area (Å²) in [6.07, 6.45) is -0.515. The van der Waals surface area contributed by atoms with Crippen LogP contribution in [-0.2, 0) is 0 Å². The van der Waals surface area contributed by atoms with Gasteiger partial charge in [0.15, 0.2) is 0 Å². The maximum atomic E-state index is 9.67. The van der Waals surface area contributed by atoms with Gasteiger partial charge < -0.3 is 5.11 Å². The molecule has 0 amide bonds. The van der Waals surface area contributed by atoms with E-state index in [0.717, 1.165) is 11.2 Å². The minimum Gasteiger partial charge on any atom is -0.387 e. The monoisotopic (exact) mass is 229 g/mol. The number of aryl methyl sites for hydroxylation is 1. The molecule has 1 atom stereocenters. The molecule has 0 aliphatic heterocycles. The Bertz CT molecular complexity index is 544. The van der Waals surface area contributed by atoms with Gasteiger partial charge in [-0.05, 0) is 37.0 Å². The Kier molecular flexibility index (Phi) is 3.16. The molecular weight excluding hydrogens is 210 g/mol. The minimum absolute atomic E-state index is 0.440. The SMILES string of the molecule is Cc1cc(C(C)O)nc2c(C(C)C)cccc12. The van der Waals surface area contributed by atoms with E-state index in [1.807, 2.05) is 6.07 Å². The van der Waals surface area contributed by atoms with Crippen LogP contribution in [0.2, 0.25) is 0 Å². The zero-order valence-electron chi connectivity index (χ0n) is 10.9. The Morgan fingerprint density at radius 2 is 1.88 bits per heavy atom. The van der Waals surface area contributed by atoms with Crippen LogP contribution in [0.25, 0.3) is 10.9 Å². The van der Waals surface area contributed by atoms with E-state index in [1.165, 1.54) is 16.5 Å². The van der Waals surface area contributed by atoms with E-state index >= 15 is 0 Å². The standard InChI is InChI=1S/C15H19NO/c1-9(2)12-6-5-7-13-10(3)8-14(11(4)17)16-15(12)13/h5-9,11,17H,1-4H3. The second-order valence-corrected chi connectivity index (χ2v) is 4.94. The molecular formula is C15H19NO. The van der Waals surface area contributed by atoms with E-state index < -0.39 is 6.10 Å². The average Bonchev–Trinajstić information content (AvgIpc) is 2.27. The smallest absolute Gasteiger partial charge is 0.0932 e. The number of pyridine rings is 1. The quantitative estimate of drug-likeness (QED) is 0.851. The molecule has 2 heteroatoms. The molecule has 1 N–H and O–H groups in total. The van der Waals surface area contributed by atoms with Crippen LogP contribution in [0.4, 0.5) is 0 Å². The van der Waals surface area contributed by atoms with Crippen LogP contribution in [0.15, 0.2) is 24.3 Å². The molecule has 2 rings (SSSR count). The lowest BCUT2D eigenvalue weighted by Crippen LogP contribution is -2.00.